The zero-order valence-electron chi connectivity index (χ0n) is 9.43. The molecule has 0 aliphatic rings. The minimum atomic E-state index is -0.902. The Hall–Kier alpha value is -1.10. The van der Waals surface area contributed by atoms with Crippen molar-refractivity contribution in [2.24, 2.45) is 5.92 Å². The van der Waals surface area contributed by atoms with Crippen molar-refractivity contribution in [1.29, 1.82) is 0 Å². The van der Waals surface area contributed by atoms with E-state index < -0.39 is 18.0 Å². The van der Waals surface area contributed by atoms with Crippen LogP contribution in [-0.2, 0) is 9.59 Å². The van der Waals surface area contributed by atoms with Crippen LogP contribution in [-0.4, -0.2) is 46.2 Å². The molecule has 0 bridgehead atoms. The van der Waals surface area contributed by atoms with Crippen LogP contribution >= 0.6 is 0 Å². The van der Waals surface area contributed by atoms with Gasteiger partial charge in [0.1, 0.15) is 6.04 Å². The van der Waals surface area contributed by atoms with E-state index in [-0.39, 0.29) is 18.9 Å². The van der Waals surface area contributed by atoms with Crippen LogP contribution in [0.2, 0.25) is 0 Å². The molecule has 0 spiro atoms. The maximum atomic E-state index is 11.0. The Kier molecular flexibility index (Phi) is 5.93. The van der Waals surface area contributed by atoms with Gasteiger partial charge in [0.15, 0.2) is 0 Å². The van der Waals surface area contributed by atoms with E-state index in [0.717, 1.165) is 0 Å². The molecule has 1 atom stereocenters. The smallest absolute Gasteiger partial charge is 0.321 e. The molecule has 1 unspecified atom stereocenters. The summed E-state index contributed by atoms with van der Waals surface area (Å²) in [6.45, 7) is 6.30. The molecule has 0 aromatic rings. The Morgan fingerprint density at radius 1 is 1.27 bits per heavy atom. The predicted molar refractivity (Wildman–Crippen MR) is 55.8 cm³/mol. The normalized spacial score (nSPS) is 13.1. The molecule has 0 aliphatic carbocycles. The lowest BCUT2D eigenvalue weighted by Crippen LogP contribution is -2.45. The molecule has 0 saturated carbocycles. The number of hydrogen-bond acceptors (Lipinski definition) is 3. The lowest BCUT2D eigenvalue weighted by atomic mass is 10.0. The summed E-state index contributed by atoms with van der Waals surface area (Å²) in [5.41, 5.74) is 0. The maximum Gasteiger partial charge on any atom is 0.321 e. The zero-order chi connectivity index (χ0) is 12.0. The van der Waals surface area contributed by atoms with Gasteiger partial charge in [-0.25, -0.2) is 0 Å². The molecule has 0 amide bonds. The van der Waals surface area contributed by atoms with E-state index in [9.17, 15) is 9.59 Å². The van der Waals surface area contributed by atoms with Gasteiger partial charge >= 0.3 is 11.9 Å². The van der Waals surface area contributed by atoms with Gasteiger partial charge in [-0.1, -0.05) is 20.8 Å². The van der Waals surface area contributed by atoms with Crippen LogP contribution in [0.15, 0.2) is 0 Å². The van der Waals surface area contributed by atoms with E-state index >= 15 is 0 Å². The van der Waals surface area contributed by atoms with Gasteiger partial charge in [0.05, 0.1) is 6.42 Å². The SMILES string of the molecule is CCN(CCC(=O)O)C(C(=O)O)C(C)C. The molecule has 0 rings (SSSR count). The second-order valence-electron chi connectivity index (χ2n) is 3.80. The van der Waals surface area contributed by atoms with Crippen LogP contribution in [0.25, 0.3) is 0 Å². The lowest BCUT2D eigenvalue weighted by Gasteiger charge is -2.29. The first-order valence-electron chi connectivity index (χ1n) is 5.08. The van der Waals surface area contributed by atoms with Gasteiger partial charge in [0.25, 0.3) is 0 Å². The Bertz CT molecular complexity index is 227. The molecule has 0 saturated heterocycles. The molecular formula is C10H19NO4. The maximum absolute atomic E-state index is 11.0. The average molecular weight is 217 g/mol. The summed E-state index contributed by atoms with van der Waals surface area (Å²) in [5.74, 6) is -1.82. The van der Waals surface area contributed by atoms with Gasteiger partial charge in [0, 0.05) is 6.54 Å². The number of aliphatic carboxylic acids is 2. The van der Waals surface area contributed by atoms with E-state index in [1.807, 2.05) is 20.8 Å². The van der Waals surface area contributed by atoms with Gasteiger partial charge in [-0.05, 0) is 12.5 Å². The predicted octanol–water partition coefficient (Wildman–Crippen LogP) is 0.892. The van der Waals surface area contributed by atoms with Gasteiger partial charge in [0.2, 0.25) is 0 Å². The molecule has 88 valence electrons. The van der Waals surface area contributed by atoms with E-state index in [4.69, 9.17) is 10.2 Å². The number of nitrogens with zero attached hydrogens (tertiary/aromatic N) is 1. The van der Waals surface area contributed by atoms with E-state index in [0.29, 0.717) is 6.54 Å². The van der Waals surface area contributed by atoms with Crippen molar-refractivity contribution in [3.63, 3.8) is 0 Å². The van der Waals surface area contributed by atoms with Gasteiger partial charge < -0.3 is 10.2 Å². The van der Waals surface area contributed by atoms with Crippen molar-refractivity contribution in [3.05, 3.63) is 0 Å². The molecule has 2 N–H and O–H groups in total. The molecule has 15 heavy (non-hydrogen) atoms. The number of likely N-dealkylation sites (N-methyl/N-ethyl adjacent to an activating group) is 1. The van der Waals surface area contributed by atoms with Crippen molar-refractivity contribution in [3.8, 4) is 0 Å². The highest BCUT2D eigenvalue weighted by atomic mass is 16.4. The number of carboxylic acid groups (broad SMARTS) is 2. The first kappa shape index (κ1) is 13.9. The highest BCUT2D eigenvalue weighted by Crippen LogP contribution is 2.11. The van der Waals surface area contributed by atoms with Crippen LogP contribution in [0.3, 0.4) is 0 Å². The third-order valence-electron chi connectivity index (χ3n) is 2.30. The van der Waals surface area contributed by atoms with Crippen LogP contribution < -0.4 is 0 Å². The van der Waals surface area contributed by atoms with Crippen LogP contribution in [0.1, 0.15) is 27.2 Å². The Morgan fingerprint density at radius 2 is 1.80 bits per heavy atom. The number of hydrogen-bond donors (Lipinski definition) is 2. The standard InChI is InChI=1S/C10H19NO4/c1-4-11(6-5-8(12)13)9(7(2)3)10(14)15/h7,9H,4-6H2,1-3H3,(H,12,13)(H,14,15). The third-order valence-corrected chi connectivity index (χ3v) is 2.30. The lowest BCUT2D eigenvalue weighted by molar-refractivity contribution is -0.146. The Balaban J connectivity index is 4.45. The topological polar surface area (TPSA) is 77.8 Å². The second-order valence-corrected chi connectivity index (χ2v) is 3.80. The summed E-state index contributed by atoms with van der Waals surface area (Å²) in [7, 11) is 0. The summed E-state index contributed by atoms with van der Waals surface area (Å²) in [6.07, 6.45) is -0.0235. The Morgan fingerprint density at radius 3 is 2.07 bits per heavy atom. The highest BCUT2D eigenvalue weighted by molar-refractivity contribution is 5.74. The van der Waals surface area contributed by atoms with Crippen molar-refractivity contribution in [2.45, 2.75) is 33.2 Å². The summed E-state index contributed by atoms with van der Waals surface area (Å²) >= 11 is 0. The van der Waals surface area contributed by atoms with Gasteiger partial charge in [-0.2, -0.15) is 0 Å². The highest BCUT2D eigenvalue weighted by Gasteiger charge is 2.27. The fourth-order valence-corrected chi connectivity index (χ4v) is 1.60. The fourth-order valence-electron chi connectivity index (χ4n) is 1.60. The van der Waals surface area contributed by atoms with Crippen LogP contribution in [0.5, 0.6) is 0 Å². The van der Waals surface area contributed by atoms with Crippen molar-refractivity contribution >= 4 is 11.9 Å². The molecule has 0 aliphatic heterocycles. The second kappa shape index (κ2) is 6.40. The van der Waals surface area contributed by atoms with Crippen molar-refractivity contribution in [2.75, 3.05) is 13.1 Å². The largest absolute Gasteiger partial charge is 0.481 e. The third kappa shape index (κ3) is 4.78. The number of carbonyl (C=O) groups is 2. The summed E-state index contributed by atoms with van der Waals surface area (Å²) in [6, 6.07) is -0.602. The molecule has 0 fully saturated rings. The summed E-state index contributed by atoms with van der Waals surface area (Å²) in [4.78, 5) is 23.1. The summed E-state index contributed by atoms with van der Waals surface area (Å²) < 4.78 is 0. The van der Waals surface area contributed by atoms with Crippen LogP contribution in [0, 0.1) is 5.92 Å². The molecule has 5 heteroatoms. The first-order chi connectivity index (χ1) is 6.90. The van der Waals surface area contributed by atoms with E-state index in [1.54, 1.807) is 4.90 Å². The molecule has 0 aromatic carbocycles. The molecule has 0 aromatic heterocycles. The molecule has 5 nitrogen and oxygen atoms in total. The van der Waals surface area contributed by atoms with Gasteiger partial charge in [-0.3, -0.25) is 14.5 Å². The summed E-state index contributed by atoms with van der Waals surface area (Å²) in [5, 5.41) is 17.6. The average Bonchev–Trinajstić information content (AvgIpc) is 2.09. The van der Waals surface area contributed by atoms with Gasteiger partial charge in [-0.15, -0.1) is 0 Å². The molecule has 0 heterocycles. The van der Waals surface area contributed by atoms with E-state index in [2.05, 4.69) is 0 Å². The minimum absolute atomic E-state index is 0.0235. The first-order valence-corrected chi connectivity index (χ1v) is 5.08. The number of rotatable bonds is 7. The number of carboxylic acids is 2. The zero-order valence-corrected chi connectivity index (χ0v) is 9.43. The van der Waals surface area contributed by atoms with E-state index in [1.165, 1.54) is 0 Å². The van der Waals surface area contributed by atoms with Crippen LogP contribution in [0.4, 0.5) is 0 Å². The quantitative estimate of drug-likeness (QED) is 0.662. The fraction of sp³-hybridized carbons (Fsp3) is 0.800. The molecule has 0 radical (unpaired) electrons. The monoisotopic (exact) mass is 217 g/mol. The molecular weight excluding hydrogens is 198 g/mol. The Labute approximate surface area is 89.7 Å². The minimum Gasteiger partial charge on any atom is -0.481 e. The van der Waals surface area contributed by atoms with Crippen molar-refractivity contribution in [1.82, 2.24) is 4.90 Å². The van der Waals surface area contributed by atoms with Crippen molar-refractivity contribution < 1.29 is 19.8 Å².